The molecule has 0 aromatic heterocycles. The molecule has 0 bridgehead atoms. The van der Waals surface area contributed by atoms with Crippen molar-refractivity contribution in [3.8, 4) is 11.5 Å². The van der Waals surface area contributed by atoms with E-state index in [1.54, 1.807) is 0 Å². The minimum atomic E-state index is -4.81. The standard InChI is InChI=1S/C26H29F4NO8S/c1-24(2,23(33)34)13-16-14-31(40(35,36)17-7-8-18(27)21(12-17)37-5)19-10-15(6-9-20(19)38-16)11-22(32)39-25(3,4)26(28,29)30/h6-10,12,16H,11,13-14H2,1-5H3,(H,33,34)/t16-/m0/s1. The van der Waals surface area contributed by atoms with Crippen LogP contribution in [0.2, 0.25) is 0 Å². The lowest BCUT2D eigenvalue weighted by atomic mass is 9.86. The van der Waals surface area contributed by atoms with Gasteiger partial charge in [-0.25, -0.2) is 12.8 Å². The quantitative estimate of drug-likeness (QED) is 0.329. The van der Waals surface area contributed by atoms with Crippen LogP contribution in [0.5, 0.6) is 11.5 Å². The highest BCUT2D eigenvalue weighted by Gasteiger charge is 2.50. The van der Waals surface area contributed by atoms with Gasteiger partial charge in [0, 0.05) is 12.5 Å². The van der Waals surface area contributed by atoms with Crippen molar-refractivity contribution in [3.63, 3.8) is 0 Å². The van der Waals surface area contributed by atoms with Gasteiger partial charge in [-0.2, -0.15) is 13.2 Å². The summed E-state index contributed by atoms with van der Waals surface area (Å²) in [6, 6.07) is 6.87. The van der Waals surface area contributed by atoms with E-state index in [2.05, 4.69) is 4.74 Å². The third-order valence-electron chi connectivity index (χ3n) is 6.38. The number of halogens is 4. The molecular formula is C26H29F4NO8S. The zero-order valence-corrected chi connectivity index (χ0v) is 23.2. The molecular weight excluding hydrogens is 562 g/mol. The summed E-state index contributed by atoms with van der Waals surface area (Å²) in [4.78, 5) is 23.7. The van der Waals surface area contributed by atoms with E-state index in [0.29, 0.717) is 13.8 Å². The summed E-state index contributed by atoms with van der Waals surface area (Å²) in [5, 5.41) is 9.55. The second kappa shape index (κ2) is 10.8. The van der Waals surface area contributed by atoms with E-state index in [4.69, 9.17) is 9.47 Å². The number of carbonyl (C=O) groups excluding carboxylic acids is 1. The number of nitrogens with zero attached hydrogens (tertiary/aromatic N) is 1. The molecule has 0 aliphatic carbocycles. The number of esters is 1. The molecule has 0 radical (unpaired) electrons. The van der Waals surface area contributed by atoms with Crippen LogP contribution < -0.4 is 13.8 Å². The number of hydrogen-bond donors (Lipinski definition) is 1. The average Bonchev–Trinajstić information content (AvgIpc) is 2.82. The van der Waals surface area contributed by atoms with Crippen LogP contribution in [-0.2, 0) is 30.8 Å². The van der Waals surface area contributed by atoms with Crippen LogP contribution in [0.4, 0.5) is 23.2 Å². The van der Waals surface area contributed by atoms with Gasteiger partial charge in [-0.05, 0) is 57.5 Å². The molecule has 220 valence electrons. The Labute approximate surface area is 228 Å². The lowest BCUT2D eigenvalue weighted by Crippen LogP contribution is -2.46. The summed E-state index contributed by atoms with van der Waals surface area (Å²) >= 11 is 0. The first-order valence-electron chi connectivity index (χ1n) is 12.0. The van der Waals surface area contributed by atoms with Crippen LogP contribution in [0.15, 0.2) is 41.3 Å². The SMILES string of the molecule is COc1cc(S(=O)(=O)N2C[C@H](CC(C)(C)C(=O)O)Oc3ccc(CC(=O)OC(C)(C)C(F)(F)F)cc32)ccc1F. The summed E-state index contributed by atoms with van der Waals surface area (Å²) in [5.74, 6) is -3.43. The Kier molecular flexibility index (Phi) is 8.36. The Bertz CT molecular complexity index is 1410. The largest absolute Gasteiger partial charge is 0.494 e. The normalized spacial score (nSPS) is 16.1. The van der Waals surface area contributed by atoms with Crippen molar-refractivity contribution in [2.75, 3.05) is 18.0 Å². The Morgan fingerprint density at radius 1 is 1.10 bits per heavy atom. The summed E-state index contributed by atoms with van der Waals surface area (Å²) in [7, 11) is -3.27. The highest BCUT2D eigenvalue weighted by atomic mass is 32.2. The summed E-state index contributed by atoms with van der Waals surface area (Å²) in [6.45, 7) is 3.97. The van der Waals surface area contributed by atoms with E-state index in [1.807, 2.05) is 0 Å². The van der Waals surface area contributed by atoms with Crippen LogP contribution in [0.1, 0.15) is 39.7 Å². The molecule has 3 rings (SSSR count). The fraction of sp³-hybridized carbons (Fsp3) is 0.462. The van der Waals surface area contributed by atoms with Gasteiger partial charge in [-0.1, -0.05) is 6.07 Å². The fourth-order valence-corrected chi connectivity index (χ4v) is 5.45. The number of carboxylic acids is 1. The van der Waals surface area contributed by atoms with Crippen LogP contribution >= 0.6 is 0 Å². The number of aliphatic carboxylic acids is 1. The van der Waals surface area contributed by atoms with Crippen LogP contribution in [0, 0.1) is 11.2 Å². The number of rotatable bonds is 9. The number of hydrogen-bond acceptors (Lipinski definition) is 7. The fourth-order valence-electron chi connectivity index (χ4n) is 3.93. The molecule has 40 heavy (non-hydrogen) atoms. The molecule has 14 heteroatoms. The minimum Gasteiger partial charge on any atom is -0.494 e. The van der Waals surface area contributed by atoms with E-state index in [-0.39, 0.29) is 40.6 Å². The van der Waals surface area contributed by atoms with Crippen LogP contribution in [-0.4, -0.2) is 57.0 Å². The predicted octanol–water partition coefficient (Wildman–Crippen LogP) is 4.72. The van der Waals surface area contributed by atoms with Gasteiger partial charge in [0.15, 0.2) is 11.6 Å². The number of carboxylic acid groups (broad SMARTS) is 1. The molecule has 1 aliphatic heterocycles. The topological polar surface area (TPSA) is 119 Å². The number of benzene rings is 2. The van der Waals surface area contributed by atoms with Gasteiger partial charge < -0.3 is 19.3 Å². The Morgan fingerprint density at radius 2 is 1.75 bits per heavy atom. The highest BCUT2D eigenvalue weighted by Crippen LogP contribution is 2.41. The number of methoxy groups -OCH3 is 1. The smallest absolute Gasteiger partial charge is 0.427 e. The van der Waals surface area contributed by atoms with Gasteiger partial charge >= 0.3 is 18.1 Å². The molecule has 0 saturated heterocycles. The number of anilines is 1. The maximum atomic E-state index is 14.0. The Balaban J connectivity index is 2.03. The molecule has 1 atom stereocenters. The Morgan fingerprint density at radius 3 is 2.33 bits per heavy atom. The zero-order chi connectivity index (χ0) is 30.3. The minimum absolute atomic E-state index is 0.0304. The first-order chi connectivity index (χ1) is 18.3. The molecule has 2 aromatic carbocycles. The lowest BCUT2D eigenvalue weighted by molar-refractivity contribution is -0.257. The molecule has 1 N–H and O–H groups in total. The monoisotopic (exact) mass is 591 g/mol. The first kappa shape index (κ1) is 31.0. The van der Waals surface area contributed by atoms with Crippen molar-refractivity contribution in [1.82, 2.24) is 0 Å². The Hall–Kier alpha value is -3.55. The summed E-state index contributed by atoms with van der Waals surface area (Å²) in [6.07, 6.45) is -6.42. The van der Waals surface area contributed by atoms with Gasteiger partial charge in [0.25, 0.3) is 10.0 Å². The molecule has 0 unspecified atom stereocenters. The highest BCUT2D eigenvalue weighted by molar-refractivity contribution is 7.92. The third kappa shape index (κ3) is 6.43. The number of sulfonamides is 1. The van der Waals surface area contributed by atoms with Gasteiger partial charge in [0.2, 0.25) is 5.60 Å². The maximum Gasteiger partial charge on any atom is 0.427 e. The lowest BCUT2D eigenvalue weighted by Gasteiger charge is -2.38. The predicted molar refractivity (Wildman–Crippen MR) is 134 cm³/mol. The van der Waals surface area contributed by atoms with Gasteiger partial charge in [-0.3, -0.25) is 13.9 Å². The van der Waals surface area contributed by atoms with Crippen molar-refractivity contribution in [2.45, 2.75) is 63.3 Å². The zero-order valence-electron chi connectivity index (χ0n) is 22.3. The van der Waals surface area contributed by atoms with E-state index in [0.717, 1.165) is 29.6 Å². The van der Waals surface area contributed by atoms with Crippen LogP contribution in [0.25, 0.3) is 0 Å². The second-order valence-corrected chi connectivity index (χ2v) is 12.3. The number of alkyl halides is 3. The third-order valence-corrected chi connectivity index (χ3v) is 8.16. The van der Waals surface area contributed by atoms with Gasteiger partial charge in [-0.15, -0.1) is 0 Å². The molecule has 9 nitrogen and oxygen atoms in total. The first-order valence-corrected chi connectivity index (χ1v) is 13.4. The maximum absolute atomic E-state index is 14.0. The van der Waals surface area contributed by atoms with E-state index in [1.165, 1.54) is 32.0 Å². The van der Waals surface area contributed by atoms with E-state index >= 15 is 0 Å². The molecule has 0 fully saturated rings. The number of carbonyl (C=O) groups is 2. The summed E-state index contributed by atoms with van der Waals surface area (Å²) in [5.41, 5.74) is -3.95. The van der Waals surface area contributed by atoms with Gasteiger partial charge in [0.1, 0.15) is 11.9 Å². The molecule has 0 amide bonds. The number of fused-ring (bicyclic) bond motifs is 1. The van der Waals surface area contributed by atoms with E-state index < -0.39 is 57.5 Å². The summed E-state index contributed by atoms with van der Waals surface area (Å²) < 4.78 is 97.3. The molecule has 0 saturated carbocycles. The van der Waals surface area contributed by atoms with E-state index in [9.17, 15) is 40.7 Å². The van der Waals surface area contributed by atoms with Crippen molar-refractivity contribution < 1.29 is 54.9 Å². The molecule has 2 aromatic rings. The molecule has 1 heterocycles. The molecule has 0 spiro atoms. The van der Waals surface area contributed by atoms with Crippen molar-refractivity contribution in [2.24, 2.45) is 5.41 Å². The average molecular weight is 592 g/mol. The molecule has 1 aliphatic rings. The number of ether oxygens (including phenoxy) is 3. The van der Waals surface area contributed by atoms with Crippen LogP contribution in [0.3, 0.4) is 0 Å². The van der Waals surface area contributed by atoms with Crippen molar-refractivity contribution in [1.29, 1.82) is 0 Å². The second-order valence-electron chi connectivity index (χ2n) is 10.4. The van der Waals surface area contributed by atoms with Gasteiger partial charge in [0.05, 0.1) is 36.1 Å². The van der Waals surface area contributed by atoms with Crippen molar-refractivity contribution >= 4 is 27.6 Å². The van der Waals surface area contributed by atoms with Crippen molar-refractivity contribution in [3.05, 3.63) is 47.8 Å².